The third-order valence-corrected chi connectivity index (χ3v) is 6.40. The lowest BCUT2D eigenvalue weighted by atomic mass is 9.97. The van der Waals surface area contributed by atoms with E-state index in [2.05, 4.69) is 11.1 Å². The quantitative estimate of drug-likeness (QED) is 0.640. The first-order valence-corrected chi connectivity index (χ1v) is 11.4. The molecule has 0 bridgehead atoms. The molecule has 1 saturated heterocycles. The Bertz CT molecular complexity index is 963. The molecule has 0 saturated carbocycles. The van der Waals surface area contributed by atoms with Crippen molar-refractivity contribution in [1.82, 2.24) is 14.8 Å². The van der Waals surface area contributed by atoms with Gasteiger partial charge in [-0.3, -0.25) is 14.4 Å². The van der Waals surface area contributed by atoms with E-state index in [0.29, 0.717) is 38.2 Å². The Morgan fingerprint density at radius 1 is 1.23 bits per heavy atom. The topological polar surface area (TPSA) is 79.8 Å². The van der Waals surface area contributed by atoms with Crippen LogP contribution in [0.5, 0.6) is 0 Å². The highest BCUT2D eigenvalue weighted by atomic mass is 32.1. The Morgan fingerprint density at radius 2 is 1.94 bits per heavy atom. The summed E-state index contributed by atoms with van der Waals surface area (Å²) in [6.45, 7) is 7.21. The molecule has 3 rings (SSSR count). The molecule has 1 fully saturated rings. The summed E-state index contributed by atoms with van der Waals surface area (Å²) in [7, 11) is 1.61. The number of rotatable bonds is 6. The number of piperidine rings is 1. The molecule has 166 valence electrons. The van der Waals surface area contributed by atoms with Gasteiger partial charge < -0.3 is 14.5 Å². The van der Waals surface area contributed by atoms with Gasteiger partial charge in [0.1, 0.15) is 10.7 Å². The van der Waals surface area contributed by atoms with Crippen molar-refractivity contribution in [2.24, 2.45) is 5.92 Å². The van der Waals surface area contributed by atoms with Crippen molar-refractivity contribution in [3.05, 3.63) is 40.4 Å². The number of likely N-dealkylation sites (tertiary alicyclic amines) is 1. The van der Waals surface area contributed by atoms with Gasteiger partial charge in [-0.2, -0.15) is 0 Å². The fraction of sp³-hybridized carbons (Fsp3) is 0.478. The van der Waals surface area contributed by atoms with Crippen LogP contribution in [0, 0.1) is 19.8 Å². The van der Waals surface area contributed by atoms with E-state index in [-0.39, 0.29) is 30.2 Å². The summed E-state index contributed by atoms with van der Waals surface area (Å²) < 4.78 is 5.07. The Hall–Kier alpha value is -2.74. The molecule has 1 aromatic carbocycles. The fourth-order valence-electron chi connectivity index (χ4n) is 3.74. The first-order valence-electron chi connectivity index (χ1n) is 10.5. The van der Waals surface area contributed by atoms with E-state index in [4.69, 9.17) is 4.74 Å². The zero-order chi connectivity index (χ0) is 22.5. The Kier molecular flexibility index (Phi) is 7.43. The number of benzene rings is 1. The van der Waals surface area contributed by atoms with Gasteiger partial charge in [0, 0.05) is 31.1 Å². The van der Waals surface area contributed by atoms with Crippen LogP contribution in [0.4, 0.5) is 0 Å². The number of carbonyl (C=O) groups is 3. The molecule has 1 aromatic heterocycles. The van der Waals surface area contributed by atoms with Crippen molar-refractivity contribution in [2.45, 2.75) is 33.6 Å². The number of thiazole rings is 1. The van der Waals surface area contributed by atoms with Crippen LogP contribution in [-0.2, 0) is 14.3 Å². The summed E-state index contributed by atoms with van der Waals surface area (Å²) in [4.78, 5) is 44.9. The predicted molar refractivity (Wildman–Crippen MR) is 120 cm³/mol. The predicted octanol–water partition coefficient (Wildman–Crippen LogP) is 3.30. The number of likely N-dealkylation sites (N-methyl/N-ethyl adjacent to an activating group) is 1. The van der Waals surface area contributed by atoms with Crippen molar-refractivity contribution in [2.75, 3.05) is 33.3 Å². The van der Waals surface area contributed by atoms with Crippen molar-refractivity contribution < 1.29 is 19.1 Å². The number of amides is 2. The number of aromatic nitrogens is 1. The summed E-state index contributed by atoms with van der Waals surface area (Å²) in [5.41, 5.74) is 3.65. The molecule has 0 atom stereocenters. The maximum atomic E-state index is 12.8. The van der Waals surface area contributed by atoms with Crippen LogP contribution in [0.15, 0.2) is 23.6 Å². The number of esters is 1. The number of nitrogens with zero attached hydrogens (tertiary/aromatic N) is 3. The van der Waals surface area contributed by atoms with Gasteiger partial charge in [0.2, 0.25) is 5.91 Å². The third kappa shape index (κ3) is 5.50. The minimum atomic E-state index is -0.276. The number of aryl methyl sites for hydroxylation is 2. The van der Waals surface area contributed by atoms with Crippen LogP contribution in [0.25, 0.3) is 10.6 Å². The van der Waals surface area contributed by atoms with E-state index < -0.39 is 0 Å². The number of ether oxygens (including phenoxy) is 1. The van der Waals surface area contributed by atoms with Crippen molar-refractivity contribution >= 4 is 29.1 Å². The van der Waals surface area contributed by atoms with E-state index in [0.717, 1.165) is 16.1 Å². The van der Waals surface area contributed by atoms with Gasteiger partial charge in [-0.05, 0) is 39.2 Å². The molecule has 2 heterocycles. The lowest BCUT2D eigenvalue weighted by molar-refractivity contribution is -0.151. The Balaban J connectivity index is 1.57. The maximum absolute atomic E-state index is 12.8. The molecule has 31 heavy (non-hydrogen) atoms. The molecule has 1 aliphatic rings. The molecular formula is C23H29N3O4S. The van der Waals surface area contributed by atoms with E-state index in [1.54, 1.807) is 24.3 Å². The molecular weight excluding hydrogens is 414 g/mol. The van der Waals surface area contributed by atoms with Gasteiger partial charge in [0.05, 0.1) is 19.1 Å². The smallest absolute Gasteiger partial charge is 0.309 e. The standard InChI is InChI=1S/C23H29N3O4S/c1-5-30-23(29)17-8-10-26(11-9-17)20(27)13-25(4)22(28)19-14-31-21(24-19)18-7-6-15(2)12-16(18)3/h6-7,12,14,17H,5,8-11,13H2,1-4H3. The van der Waals surface area contributed by atoms with E-state index >= 15 is 0 Å². The molecule has 0 aliphatic carbocycles. The lowest BCUT2D eigenvalue weighted by Crippen LogP contribution is -2.45. The largest absolute Gasteiger partial charge is 0.466 e. The third-order valence-electron chi connectivity index (χ3n) is 5.52. The maximum Gasteiger partial charge on any atom is 0.309 e. The minimum absolute atomic E-state index is 0.0146. The second-order valence-corrected chi connectivity index (χ2v) is 8.78. The van der Waals surface area contributed by atoms with Crippen LogP contribution in [0.1, 0.15) is 41.4 Å². The molecule has 0 N–H and O–H groups in total. The molecule has 1 aliphatic heterocycles. The second kappa shape index (κ2) is 10.0. The zero-order valence-corrected chi connectivity index (χ0v) is 19.3. The summed E-state index contributed by atoms with van der Waals surface area (Å²) in [6.07, 6.45) is 1.18. The van der Waals surface area contributed by atoms with Crippen LogP contribution in [0.2, 0.25) is 0 Å². The van der Waals surface area contributed by atoms with Gasteiger partial charge >= 0.3 is 5.97 Å². The highest BCUT2D eigenvalue weighted by Crippen LogP contribution is 2.28. The Morgan fingerprint density at radius 3 is 2.58 bits per heavy atom. The first kappa shape index (κ1) is 22.9. The van der Waals surface area contributed by atoms with Gasteiger partial charge in [-0.25, -0.2) is 4.98 Å². The zero-order valence-electron chi connectivity index (χ0n) is 18.5. The number of hydrogen-bond donors (Lipinski definition) is 0. The molecule has 0 spiro atoms. The van der Waals surface area contributed by atoms with Gasteiger partial charge in [0.15, 0.2) is 0 Å². The van der Waals surface area contributed by atoms with Gasteiger partial charge in [-0.15, -0.1) is 11.3 Å². The highest BCUT2D eigenvalue weighted by molar-refractivity contribution is 7.13. The molecule has 7 nitrogen and oxygen atoms in total. The van der Waals surface area contributed by atoms with Crippen molar-refractivity contribution in [1.29, 1.82) is 0 Å². The van der Waals surface area contributed by atoms with Crippen LogP contribution in [-0.4, -0.2) is 65.9 Å². The summed E-state index contributed by atoms with van der Waals surface area (Å²) in [5.74, 6) is -0.739. The van der Waals surface area contributed by atoms with E-state index in [9.17, 15) is 14.4 Å². The van der Waals surface area contributed by atoms with Crippen molar-refractivity contribution in [3.63, 3.8) is 0 Å². The van der Waals surface area contributed by atoms with Crippen LogP contribution < -0.4 is 0 Å². The van der Waals surface area contributed by atoms with Gasteiger partial charge in [0.25, 0.3) is 5.91 Å². The molecule has 2 aromatic rings. The van der Waals surface area contributed by atoms with E-state index in [1.165, 1.54) is 21.8 Å². The summed E-state index contributed by atoms with van der Waals surface area (Å²) in [5, 5.41) is 2.53. The molecule has 0 unspecified atom stereocenters. The average molecular weight is 444 g/mol. The number of hydrogen-bond acceptors (Lipinski definition) is 6. The normalized spacial score (nSPS) is 14.4. The second-order valence-electron chi connectivity index (χ2n) is 7.92. The van der Waals surface area contributed by atoms with E-state index in [1.807, 2.05) is 26.0 Å². The highest BCUT2D eigenvalue weighted by Gasteiger charge is 2.29. The van der Waals surface area contributed by atoms with Crippen molar-refractivity contribution in [3.8, 4) is 10.6 Å². The van der Waals surface area contributed by atoms with Gasteiger partial charge in [-0.1, -0.05) is 23.8 Å². The lowest BCUT2D eigenvalue weighted by Gasteiger charge is -2.32. The SMILES string of the molecule is CCOC(=O)C1CCN(C(=O)CN(C)C(=O)c2csc(-c3ccc(C)cc3C)n2)CC1. The Labute approximate surface area is 187 Å². The number of carbonyl (C=O) groups excluding carboxylic acids is 3. The molecule has 2 amide bonds. The average Bonchev–Trinajstić information content (AvgIpc) is 3.23. The van der Waals surface area contributed by atoms with Crippen LogP contribution >= 0.6 is 11.3 Å². The fourth-order valence-corrected chi connectivity index (χ4v) is 4.63. The monoisotopic (exact) mass is 443 g/mol. The van der Waals surface area contributed by atoms with Crippen LogP contribution in [0.3, 0.4) is 0 Å². The molecule has 8 heteroatoms. The molecule has 0 radical (unpaired) electrons. The first-order chi connectivity index (χ1) is 14.8. The summed E-state index contributed by atoms with van der Waals surface area (Å²) >= 11 is 1.42. The minimum Gasteiger partial charge on any atom is -0.466 e. The summed E-state index contributed by atoms with van der Waals surface area (Å²) in [6, 6.07) is 6.14.